The van der Waals surface area contributed by atoms with Crippen LogP contribution in [0.25, 0.3) is 0 Å². The van der Waals surface area contributed by atoms with Crippen molar-refractivity contribution in [3.8, 4) is 0 Å². The second-order valence-corrected chi connectivity index (χ2v) is 4.43. The van der Waals surface area contributed by atoms with Gasteiger partial charge in [0, 0.05) is 19.7 Å². The van der Waals surface area contributed by atoms with Crippen LogP contribution >= 0.6 is 0 Å². The molecular weight excluding hydrogens is 287 g/mol. The summed E-state index contributed by atoms with van der Waals surface area (Å²) in [4.78, 5) is 11.6. The summed E-state index contributed by atoms with van der Waals surface area (Å²) >= 11 is 0. The van der Waals surface area contributed by atoms with Gasteiger partial charge in [-0.2, -0.15) is 13.2 Å². The van der Waals surface area contributed by atoms with Gasteiger partial charge in [0.05, 0.1) is 17.9 Å². The summed E-state index contributed by atoms with van der Waals surface area (Å²) in [6.45, 7) is 0.588. The van der Waals surface area contributed by atoms with Gasteiger partial charge in [-0.25, -0.2) is 4.79 Å². The number of halogens is 3. The molecular formula is C13H18F3N3O2. The molecule has 0 aromatic heterocycles. The van der Waals surface area contributed by atoms with Crippen molar-refractivity contribution < 1.29 is 22.7 Å². The molecule has 8 heteroatoms. The van der Waals surface area contributed by atoms with E-state index < -0.39 is 17.8 Å². The van der Waals surface area contributed by atoms with Gasteiger partial charge in [0.15, 0.2) is 0 Å². The number of hydrogen-bond acceptors (Lipinski definition) is 3. The molecule has 4 N–H and O–H groups in total. The summed E-state index contributed by atoms with van der Waals surface area (Å²) < 4.78 is 43.0. The van der Waals surface area contributed by atoms with Gasteiger partial charge in [0.2, 0.25) is 0 Å². The first-order valence-corrected chi connectivity index (χ1v) is 6.30. The monoisotopic (exact) mass is 305 g/mol. The fourth-order valence-corrected chi connectivity index (χ4v) is 1.67. The van der Waals surface area contributed by atoms with E-state index in [1.807, 2.05) is 0 Å². The van der Waals surface area contributed by atoms with Crippen molar-refractivity contribution in [2.75, 3.05) is 25.6 Å². The molecule has 0 aliphatic carbocycles. The Morgan fingerprint density at radius 3 is 2.67 bits per heavy atom. The van der Waals surface area contributed by atoms with Gasteiger partial charge in [-0.1, -0.05) is 12.1 Å². The van der Waals surface area contributed by atoms with Gasteiger partial charge in [-0.05, 0) is 18.6 Å². The van der Waals surface area contributed by atoms with Crippen molar-refractivity contribution >= 4 is 11.7 Å². The Bertz CT molecular complexity index is 466. The average molecular weight is 305 g/mol. The normalized spacial score (nSPS) is 12.8. The number of carbonyl (C=O) groups is 1. The number of para-hydroxylation sites is 1. The Morgan fingerprint density at radius 2 is 2.05 bits per heavy atom. The fraction of sp³-hybridized carbons (Fsp3) is 0.462. The van der Waals surface area contributed by atoms with Crippen LogP contribution in [0.15, 0.2) is 24.3 Å². The van der Waals surface area contributed by atoms with Crippen LogP contribution < -0.4 is 16.4 Å². The van der Waals surface area contributed by atoms with Gasteiger partial charge in [0.1, 0.15) is 0 Å². The summed E-state index contributed by atoms with van der Waals surface area (Å²) in [6, 6.07) is 3.83. The van der Waals surface area contributed by atoms with Crippen molar-refractivity contribution in [3.63, 3.8) is 0 Å². The molecule has 118 valence electrons. The zero-order chi connectivity index (χ0) is 15.9. The van der Waals surface area contributed by atoms with E-state index in [-0.39, 0.29) is 18.3 Å². The number of nitrogens with two attached hydrogens (primary N) is 1. The maximum Gasteiger partial charge on any atom is 0.418 e. The lowest BCUT2D eigenvalue weighted by atomic mass is 10.1. The molecule has 0 aliphatic rings. The Labute approximate surface area is 120 Å². The lowest BCUT2D eigenvalue weighted by molar-refractivity contribution is -0.136. The first kappa shape index (κ1) is 17.3. The molecule has 2 amide bonds. The number of benzene rings is 1. The summed E-state index contributed by atoms with van der Waals surface area (Å²) in [5.41, 5.74) is 4.48. The molecule has 1 atom stereocenters. The Balaban J connectivity index is 2.52. The Hall–Kier alpha value is -1.80. The number of urea groups is 1. The van der Waals surface area contributed by atoms with Gasteiger partial charge in [-0.15, -0.1) is 0 Å². The molecule has 21 heavy (non-hydrogen) atoms. The molecule has 0 radical (unpaired) electrons. The smallest absolute Gasteiger partial charge is 0.383 e. The molecule has 0 saturated heterocycles. The zero-order valence-corrected chi connectivity index (χ0v) is 11.5. The fourth-order valence-electron chi connectivity index (χ4n) is 1.67. The summed E-state index contributed by atoms with van der Waals surface area (Å²) in [6.07, 6.45) is -4.06. The number of nitrogens with one attached hydrogen (secondary N) is 2. The zero-order valence-electron chi connectivity index (χ0n) is 11.5. The van der Waals surface area contributed by atoms with E-state index in [4.69, 9.17) is 10.5 Å². The van der Waals surface area contributed by atoms with Crippen molar-refractivity contribution in [1.29, 1.82) is 0 Å². The predicted molar refractivity (Wildman–Crippen MR) is 72.9 cm³/mol. The molecule has 0 bridgehead atoms. The number of carbonyl (C=O) groups excluding carboxylic acids is 1. The van der Waals surface area contributed by atoms with Crippen molar-refractivity contribution in [2.45, 2.75) is 18.6 Å². The molecule has 1 aromatic carbocycles. The first-order chi connectivity index (χ1) is 9.84. The number of rotatable bonds is 6. The van der Waals surface area contributed by atoms with Gasteiger partial charge >= 0.3 is 12.2 Å². The maximum atomic E-state index is 12.7. The van der Waals surface area contributed by atoms with Crippen molar-refractivity contribution in [3.05, 3.63) is 29.8 Å². The number of methoxy groups -OCH3 is 1. The quantitative estimate of drug-likeness (QED) is 0.754. The second-order valence-electron chi connectivity index (χ2n) is 4.43. The summed E-state index contributed by atoms with van der Waals surface area (Å²) in [7, 11) is 1.51. The van der Waals surface area contributed by atoms with Crippen LogP contribution in [0.2, 0.25) is 0 Å². The average Bonchev–Trinajstić information content (AvgIpc) is 2.38. The van der Waals surface area contributed by atoms with Gasteiger partial charge in [0.25, 0.3) is 0 Å². The summed E-state index contributed by atoms with van der Waals surface area (Å²) in [5, 5.41) is 4.63. The van der Waals surface area contributed by atoms with E-state index in [9.17, 15) is 18.0 Å². The highest BCUT2D eigenvalue weighted by Crippen LogP contribution is 2.34. The molecule has 0 saturated carbocycles. The standard InChI is InChI=1S/C13H18F3N3O2/c1-21-8-9(17)6-7-18-12(20)19-11-5-3-2-4-10(11)13(14,15)16/h2-5,9H,6-8,17H2,1H3,(H2,18,19,20). The lowest BCUT2D eigenvalue weighted by Gasteiger charge is -2.15. The Morgan fingerprint density at radius 1 is 1.38 bits per heavy atom. The Kier molecular flexibility index (Phi) is 6.44. The molecule has 5 nitrogen and oxygen atoms in total. The SMILES string of the molecule is COCC(N)CCNC(=O)Nc1ccccc1C(F)(F)F. The predicted octanol–water partition coefficient (Wildman–Crippen LogP) is 2.19. The van der Waals surface area contributed by atoms with Gasteiger partial charge < -0.3 is 21.1 Å². The highest BCUT2D eigenvalue weighted by atomic mass is 19.4. The van der Waals surface area contributed by atoms with E-state index in [2.05, 4.69) is 10.6 Å². The second kappa shape index (κ2) is 7.84. The van der Waals surface area contributed by atoms with E-state index in [1.165, 1.54) is 25.3 Å². The van der Waals surface area contributed by atoms with Crippen LogP contribution in [-0.4, -0.2) is 32.3 Å². The molecule has 1 aromatic rings. The number of hydrogen-bond donors (Lipinski definition) is 3. The molecule has 0 fully saturated rings. The third kappa shape index (κ3) is 6.01. The maximum absolute atomic E-state index is 12.7. The highest BCUT2D eigenvalue weighted by Gasteiger charge is 2.33. The van der Waals surface area contributed by atoms with E-state index in [0.29, 0.717) is 13.0 Å². The molecule has 0 spiro atoms. The molecule has 0 heterocycles. The number of amides is 2. The third-order valence-corrected chi connectivity index (χ3v) is 2.66. The van der Waals surface area contributed by atoms with E-state index in [0.717, 1.165) is 6.07 Å². The van der Waals surface area contributed by atoms with E-state index in [1.54, 1.807) is 0 Å². The number of alkyl halides is 3. The minimum Gasteiger partial charge on any atom is -0.383 e. The van der Waals surface area contributed by atoms with Crippen molar-refractivity contribution in [2.24, 2.45) is 5.73 Å². The van der Waals surface area contributed by atoms with Crippen LogP contribution in [0.4, 0.5) is 23.7 Å². The van der Waals surface area contributed by atoms with Crippen LogP contribution in [-0.2, 0) is 10.9 Å². The number of anilines is 1. The van der Waals surface area contributed by atoms with Crippen LogP contribution in [0, 0.1) is 0 Å². The van der Waals surface area contributed by atoms with Crippen LogP contribution in [0.5, 0.6) is 0 Å². The van der Waals surface area contributed by atoms with Gasteiger partial charge in [-0.3, -0.25) is 0 Å². The lowest BCUT2D eigenvalue weighted by Crippen LogP contribution is -2.35. The largest absolute Gasteiger partial charge is 0.418 e. The van der Waals surface area contributed by atoms with Crippen molar-refractivity contribution in [1.82, 2.24) is 5.32 Å². The third-order valence-electron chi connectivity index (χ3n) is 2.66. The van der Waals surface area contributed by atoms with Crippen LogP contribution in [0.1, 0.15) is 12.0 Å². The topological polar surface area (TPSA) is 76.4 Å². The molecule has 0 aliphatic heterocycles. The van der Waals surface area contributed by atoms with E-state index >= 15 is 0 Å². The number of ether oxygens (including phenoxy) is 1. The molecule has 1 unspecified atom stereocenters. The summed E-state index contributed by atoms with van der Waals surface area (Å²) in [5.74, 6) is 0. The molecule has 1 rings (SSSR count). The highest BCUT2D eigenvalue weighted by molar-refractivity contribution is 5.90. The van der Waals surface area contributed by atoms with Crippen LogP contribution in [0.3, 0.4) is 0 Å². The minimum absolute atomic E-state index is 0.238. The minimum atomic E-state index is -4.52. The first-order valence-electron chi connectivity index (χ1n) is 6.30.